The van der Waals surface area contributed by atoms with Gasteiger partial charge in [-0.05, 0) is 47.2 Å². The monoisotopic (exact) mass is 379 g/mol. The number of nitrogens with zero attached hydrogens (tertiary/aromatic N) is 1. The van der Waals surface area contributed by atoms with Crippen LogP contribution in [-0.2, 0) is 17.8 Å². The van der Waals surface area contributed by atoms with E-state index in [1.54, 1.807) is 13.2 Å². The second-order valence-corrected chi connectivity index (χ2v) is 7.64. The van der Waals surface area contributed by atoms with Gasteiger partial charge in [0.1, 0.15) is 5.58 Å². The average Bonchev–Trinajstić information content (AvgIpc) is 2.66. The molecule has 2 aromatic carbocycles. The molecule has 0 unspecified atom stereocenters. The van der Waals surface area contributed by atoms with E-state index in [4.69, 9.17) is 9.15 Å². The highest BCUT2D eigenvalue weighted by atomic mass is 16.5. The minimum absolute atomic E-state index is 0.300. The highest BCUT2D eigenvalue weighted by molar-refractivity contribution is 5.82. The highest BCUT2D eigenvalue weighted by Gasteiger charge is 2.14. The van der Waals surface area contributed by atoms with Gasteiger partial charge in [0.15, 0.2) is 0 Å². The molecule has 28 heavy (non-hydrogen) atoms. The van der Waals surface area contributed by atoms with Gasteiger partial charge in [0.05, 0.1) is 6.61 Å². The van der Waals surface area contributed by atoms with Crippen LogP contribution in [0.1, 0.15) is 42.0 Å². The number of rotatable bonds is 8. The first-order valence-corrected chi connectivity index (χ1v) is 9.80. The first-order chi connectivity index (χ1) is 13.5. The molecule has 0 spiro atoms. The summed E-state index contributed by atoms with van der Waals surface area (Å²) in [5.74, 6) is 0.415. The van der Waals surface area contributed by atoms with E-state index in [0.717, 1.165) is 29.6 Å². The molecule has 148 valence electrons. The van der Waals surface area contributed by atoms with Crippen molar-refractivity contribution in [3.63, 3.8) is 0 Å². The van der Waals surface area contributed by atoms with Crippen molar-refractivity contribution in [1.29, 1.82) is 0 Å². The summed E-state index contributed by atoms with van der Waals surface area (Å²) in [4.78, 5) is 14.5. The number of ether oxygens (including phenoxy) is 1. The predicted molar refractivity (Wildman–Crippen MR) is 114 cm³/mol. The fraction of sp³-hybridized carbons (Fsp3) is 0.375. The molecular formula is C24H29NO3. The maximum atomic E-state index is 12.2. The third-order valence-electron chi connectivity index (χ3n) is 5.09. The first-order valence-electron chi connectivity index (χ1n) is 9.80. The molecule has 3 aromatic rings. The molecule has 4 heteroatoms. The molecule has 0 amide bonds. The summed E-state index contributed by atoms with van der Waals surface area (Å²) in [6, 6.07) is 16.2. The molecule has 0 aliphatic heterocycles. The van der Waals surface area contributed by atoms with Gasteiger partial charge in [0, 0.05) is 38.2 Å². The van der Waals surface area contributed by atoms with Crippen LogP contribution >= 0.6 is 0 Å². The molecule has 0 bridgehead atoms. The van der Waals surface area contributed by atoms with Crippen LogP contribution in [0.5, 0.6) is 0 Å². The van der Waals surface area contributed by atoms with E-state index >= 15 is 0 Å². The molecule has 0 aliphatic carbocycles. The van der Waals surface area contributed by atoms with Gasteiger partial charge >= 0.3 is 5.63 Å². The average molecular weight is 380 g/mol. The Hall–Kier alpha value is -2.43. The Labute approximate surface area is 166 Å². The van der Waals surface area contributed by atoms with E-state index in [0.29, 0.717) is 24.7 Å². The van der Waals surface area contributed by atoms with Crippen molar-refractivity contribution in [2.45, 2.75) is 39.8 Å². The topological polar surface area (TPSA) is 42.7 Å². The predicted octanol–water partition coefficient (Wildman–Crippen LogP) is 4.87. The molecule has 1 heterocycles. The lowest BCUT2D eigenvalue weighted by molar-refractivity contribution is 0.140. The molecule has 0 aliphatic rings. The zero-order valence-electron chi connectivity index (χ0n) is 17.2. The van der Waals surface area contributed by atoms with Crippen molar-refractivity contribution >= 4 is 11.0 Å². The van der Waals surface area contributed by atoms with Crippen LogP contribution in [0.4, 0.5) is 0 Å². The van der Waals surface area contributed by atoms with Gasteiger partial charge in [-0.1, -0.05) is 44.2 Å². The third-order valence-corrected chi connectivity index (χ3v) is 5.09. The van der Waals surface area contributed by atoms with Crippen LogP contribution in [0, 0.1) is 6.92 Å². The van der Waals surface area contributed by atoms with Crippen molar-refractivity contribution in [3.8, 4) is 0 Å². The molecule has 4 nitrogen and oxygen atoms in total. The fourth-order valence-electron chi connectivity index (χ4n) is 3.66. The lowest BCUT2D eigenvalue weighted by atomic mass is 9.95. The maximum absolute atomic E-state index is 12.2. The zero-order chi connectivity index (χ0) is 20.1. The lowest BCUT2D eigenvalue weighted by Gasteiger charge is -2.23. The summed E-state index contributed by atoms with van der Waals surface area (Å²) in [6.07, 6.45) is 0. The Morgan fingerprint density at radius 1 is 1.07 bits per heavy atom. The Morgan fingerprint density at radius 3 is 2.50 bits per heavy atom. The minimum Gasteiger partial charge on any atom is -0.423 e. The van der Waals surface area contributed by atoms with Crippen molar-refractivity contribution in [2.75, 3.05) is 20.3 Å². The Balaban J connectivity index is 1.99. The molecule has 1 aromatic heterocycles. The minimum atomic E-state index is -0.300. The number of aryl methyl sites for hydroxylation is 1. The van der Waals surface area contributed by atoms with Gasteiger partial charge in [-0.2, -0.15) is 0 Å². The summed E-state index contributed by atoms with van der Waals surface area (Å²) in [7, 11) is 1.71. The van der Waals surface area contributed by atoms with Gasteiger partial charge in [-0.15, -0.1) is 0 Å². The van der Waals surface area contributed by atoms with Crippen LogP contribution in [0.15, 0.2) is 57.7 Å². The van der Waals surface area contributed by atoms with Crippen LogP contribution in [0.3, 0.4) is 0 Å². The molecule has 3 rings (SSSR count). The van der Waals surface area contributed by atoms with E-state index in [2.05, 4.69) is 43.9 Å². The zero-order valence-corrected chi connectivity index (χ0v) is 17.2. The molecular weight excluding hydrogens is 350 g/mol. The van der Waals surface area contributed by atoms with E-state index in [-0.39, 0.29) is 5.63 Å². The number of hydrogen-bond donors (Lipinski definition) is 0. The lowest BCUT2D eigenvalue weighted by Crippen LogP contribution is -2.27. The summed E-state index contributed by atoms with van der Waals surface area (Å²) in [6.45, 7) is 9.34. The second kappa shape index (κ2) is 9.18. The van der Waals surface area contributed by atoms with Crippen molar-refractivity contribution in [3.05, 3.63) is 81.2 Å². The van der Waals surface area contributed by atoms with E-state index in [1.165, 1.54) is 11.1 Å². The van der Waals surface area contributed by atoms with Crippen LogP contribution in [0.2, 0.25) is 0 Å². The first kappa shape index (κ1) is 20.3. The van der Waals surface area contributed by atoms with Crippen molar-refractivity contribution in [2.24, 2.45) is 0 Å². The number of methoxy groups -OCH3 is 1. The van der Waals surface area contributed by atoms with Gasteiger partial charge < -0.3 is 9.15 Å². The smallest absolute Gasteiger partial charge is 0.336 e. The molecule has 0 radical (unpaired) electrons. The maximum Gasteiger partial charge on any atom is 0.336 e. The van der Waals surface area contributed by atoms with Gasteiger partial charge in [-0.3, -0.25) is 4.90 Å². The van der Waals surface area contributed by atoms with E-state index < -0.39 is 0 Å². The SMILES string of the molecule is COCCN(Cc1ccccc1)Cc1cc(=O)oc2cc(C)c(C(C)C)cc12. The molecule has 0 fully saturated rings. The Morgan fingerprint density at radius 2 is 1.82 bits per heavy atom. The normalized spacial score (nSPS) is 11.6. The summed E-state index contributed by atoms with van der Waals surface area (Å²) in [5, 5.41) is 1.02. The number of hydrogen-bond acceptors (Lipinski definition) is 4. The van der Waals surface area contributed by atoms with E-state index in [9.17, 15) is 4.79 Å². The third kappa shape index (κ3) is 4.89. The highest BCUT2D eigenvalue weighted by Crippen LogP contribution is 2.27. The standard InChI is InChI=1S/C24H29NO3/c1-17(2)21-14-22-20(13-24(26)28-23(22)12-18(21)3)16-25(10-11-27-4)15-19-8-6-5-7-9-19/h5-9,12-14,17H,10-11,15-16H2,1-4H3. The van der Waals surface area contributed by atoms with Crippen molar-refractivity contribution < 1.29 is 9.15 Å². The Bertz CT molecular complexity index is 976. The number of fused-ring (bicyclic) bond motifs is 1. The summed E-state index contributed by atoms with van der Waals surface area (Å²) < 4.78 is 10.8. The van der Waals surface area contributed by atoms with E-state index in [1.807, 2.05) is 24.3 Å². The summed E-state index contributed by atoms with van der Waals surface area (Å²) in [5.41, 5.74) is 5.04. The van der Waals surface area contributed by atoms with Crippen LogP contribution in [-0.4, -0.2) is 25.2 Å². The van der Waals surface area contributed by atoms with Crippen molar-refractivity contribution in [1.82, 2.24) is 4.90 Å². The van der Waals surface area contributed by atoms with Crippen LogP contribution < -0.4 is 5.63 Å². The van der Waals surface area contributed by atoms with Gasteiger partial charge in [0.25, 0.3) is 0 Å². The molecule has 0 saturated heterocycles. The molecule has 0 N–H and O–H groups in total. The van der Waals surface area contributed by atoms with Gasteiger partial charge in [-0.25, -0.2) is 4.79 Å². The van der Waals surface area contributed by atoms with Gasteiger partial charge in [0.2, 0.25) is 0 Å². The van der Waals surface area contributed by atoms with Crippen LogP contribution in [0.25, 0.3) is 11.0 Å². The quantitative estimate of drug-likeness (QED) is 0.524. The fourth-order valence-corrected chi connectivity index (χ4v) is 3.66. The largest absolute Gasteiger partial charge is 0.423 e. The number of benzene rings is 2. The molecule has 0 atom stereocenters. The summed E-state index contributed by atoms with van der Waals surface area (Å²) >= 11 is 0. The second-order valence-electron chi connectivity index (χ2n) is 7.64. The Kier molecular flexibility index (Phi) is 6.65. The molecule has 0 saturated carbocycles.